The molecule has 136 valence electrons. The number of nitrogens with zero attached hydrogens (tertiary/aromatic N) is 3. The lowest BCUT2D eigenvalue weighted by Gasteiger charge is -2.06. The van der Waals surface area contributed by atoms with E-state index >= 15 is 0 Å². The molecule has 0 aliphatic carbocycles. The summed E-state index contributed by atoms with van der Waals surface area (Å²) >= 11 is 13.2. The zero-order valence-electron chi connectivity index (χ0n) is 13.6. The average Bonchev–Trinajstić information content (AvgIpc) is 3.06. The van der Waals surface area contributed by atoms with Crippen molar-refractivity contribution in [3.63, 3.8) is 0 Å². The molecule has 0 amide bonds. The van der Waals surface area contributed by atoms with Crippen molar-refractivity contribution in [3.05, 3.63) is 80.6 Å². The molecule has 0 radical (unpaired) electrons. The number of halogens is 3. The molecule has 4 aromatic rings. The third-order valence-corrected chi connectivity index (χ3v) is 5.43. The summed E-state index contributed by atoms with van der Waals surface area (Å²) in [4.78, 5) is 19.4. The Bertz CT molecular complexity index is 1170. The van der Waals surface area contributed by atoms with Crippen molar-refractivity contribution in [1.82, 2.24) is 19.6 Å². The minimum Gasteiger partial charge on any atom is -0.285 e. The molecule has 0 bridgehead atoms. The zero-order chi connectivity index (χ0) is 19.0. The van der Waals surface area contributed by atoms with Crippen LogP contribution in [0.4, 0.5) is 4.39 Å². The fraction of sp³-hybridized carbons (Fsp3) is 0.0556. The van der Waals surface area contributed by atoms with Gasteiger partial charge in [0.25, 0.3) is 0 Å². The van der Waals surface area contributed by atoms with Crippen molar-refractivity contribution < 1.29 is 4.39 Å². The summed E-state index contributed by atoms with van der Waals surface area (Å²) in [6.45, 7) is 0. The number of aromatic amines is 1. The third kappa shape index (κ3) is 3.58. The number of rotatable bonds is 4. The highest BCUT2D eigenvalue weighted by atomic mass is 35.5. The Morgan fingerprint density at radius 1 is 1.15 bits per heavy atom. The normalized spacial score (nSPS) is 11.2. The number of nitrogens with one attached hydrogen (secondary N) is 1. The van der Waals surface area contributed by atoms with Crippen LogP contribution in [0.1, 0.15) is 5.56 Å². The molecule has 2 aromatic carbocycles. The van der Waals surface area contributed by atoms with Crippen molar-refractivity contribution in [2.45, 2.75) is 10.9 Å². The van der Waals surface area contributed by atoms with Gasteiger partial charge in [-0.1, -0.05) is 53.2 Å². The molecule has 0 spiro atoms. The molecule has 2 heterocycles. The number of H-pyrrole nitrogens is 1. The van der Waals surface area contributed by atoms with Gasteiger partial charge >= 0.3 is 5.69 Å². The molecule has 0 fully saturated rings. The Kier molecular flexibility index (Phi) is 4.90. The Balaban J connectivity index is 1.71. The summed E-state index contributed by atoms with van der Waals surface area (Å²) in [5, 5.41) is 5.38. The highest BCUT2D eigenvalue weighted by molar-refractivity contribution is 7.98. The molecule has 2 aromatic heterocycles. The van der Waals surface area contributed by atoms with Crippen molar-refractivity contribution in [1.29, 1.82) is 0 Å². The average molecular weight is 421 g/mol. The number of benzene rings is 2. The first-order valence-corrected chi connectivity index (χ1v) is 9.57. The summed E-state index contributed by atoms with van der Waals surface area (Å²) in [6.07, 6.45) is 1.57. The maximum Gasteiger partial charge on any atom is 0.350 e. The third-order valence-electron chi connectivity index (χ3n) is 3.93. The van der Waals surface area contributed by atoms with Gasteiger partial charge in [0.2, 0.25) is 0 Å². The monoisotopic (exact) mass is 420 g/mol. The predicted molar refractivity (Wildman–Crippen MR) is 105 cm³/mol. The van der Waals surface area contributed by atoms with Crippen LogP contribution < -0.4 is 5.69 Å². The number of thioether (sulfide) groups is 1. The van der Waals surface area contributed by atoms with Crippen molar-refractivity contribution >= 4 is 40.6 Å². The minimum absolute atomic E-state index is 0.231. The van der Waals surface area contributed by atoms with Gasteiger partial charge < -0.3 is 0 Å². The standard InChI is InChI=1S/C18H11Cl2FN4OS/c19-11-6-4-10(5-7-11)12-8-22-25-16(12)23-17(24-18(25)26)27-9-13-14(20)2-1-3-15(13)21/h1-8H,9H2,(H,23,24,26). The van der Waals surface area contributed by atoms with E-state index in [4.69, 9.17) is 23.2 Å². The maximum absolute atomic E-state index is 13.9. The van der Waals surface area contributed by atoms with Crippen LogP contribution in [0.25, 0.3) is 16.8 Å². The quantitative estimate of drug-likeness (QED) is 0.480. The van der Waals surface area contributed by atoms with E-state index in [2.05, 4.69) is 15.1 Å². The number of hydrogen-bond donors (Lipinski definition) is 1. The van der Waals surface area contributed by atoms with E-state index in [0.717, 1.165) is 5.56 Å². The van der Waals surface area contributed by atoms with Crippen LogP contribution in [0.15, 0.2) is 58.6 Å². The number of aromatic nitrogens is 4. The maximum atomic E-state index is 13.9. The smallest absolute Gasteiger partial charge is 0.285 e. The fourth-order valence-electron chi connectivity index (χ4n) is 2.58. The van der Waals surface area contributed by atoms with Gasteiger partial charge in [-0.3, -0.25) is 4.98 Å². The second-order valence-corrected chi connectivity index (χ2v) is 7.44. The van der Waals surface area contributed by atoms with Gasteiger partial charge in [-0.2, -0.15) is 9.61 Å². The van der Waals surface area contributed by atoms with E-state index in [1.165, 1.54) is 22.3 Å². The Morgan fingerprint density at radius 3 is 2.67 bits per heavy atom. The number of fused-ring (bicyclic) bond motifs is 1. The molecule has 27 heavy (non-hydrogen) atoms. The highest BCUT2D eigenvalue weighted by Crippen LogP contribution is 2.28. The van der Waals surface area contributed by atoms with E-state index in [0.29, 0.717) is 32.0 Å². The van der Waals surface area contributed by atoms with Gasteiger partial charge in [0.1, 0.15) is 5.82 Å². The second-order valence-electron chi connectivity index (χ2n) is 5.64. The first kappa shape index (κ1) is 18.0. The minimum atomic E-state index is -0.428. The summed E-state index contributed by atoms with van der Waals surface area (Å²) in [7, 11) is 0. The van der Waals surface area contributed by atoms with Gasteiger partial charge in [0.05, 0.1) is 6.20 Å². The van der Waals surface area contributed by atoms with Crippen LogP contribution in [0.3, 0.4) is 0 Å². The van der Waals surface area contributed by atoms with E-state index in [1.807, 2.05) is 12.1 Å². The Labute approximate surface area is 167 Å². The molecule has 0 atom stereocenters. The lowest BCUT2D eigenvalue weighted by Crippen LogP contribution is -2.19. The lowest BCUT2D eigenvalue weighted by molar-refractivity contribution is 0.617. The van der Waals surface area contributed by atoms with Gasteiger partial charge in [0.15, 0.2) is 10.8 Å². The molecule has 0 aliphatic rings. The molecule has 1 N–H and O–H groups in total. The van der Waals surface area contributed by atoms with Crippen LogP contribution >= 0.6 is 35.0 Å². The van der Waals surface area contributed by atoms with Crippen LogP contribution in [0, 0.1) is 5.82 Å². The molecular weight excluding hydrogens is 410 g/mol. The molecule has 5 nitrogen and oxygen atoms in total. The molecule has 4 rings (SSSR count). The molecule has 0 aliphatic heterocycles. The largest absolute Gasteiger partial charge is 0.350 e. The Morgan fingerprint density at radius 2 is 1.93 bits per heavy atom. The van der Waals surface area contributed by atoms with Gasteiger partial charge in [-0.25, -0.2) is 14.2 Å². The zero-order valence-corrected chi connectivity index (χ0v) is 15.9. The van der Waals surface area contributed by atoms with Crippen molar-refractivity contribution in [2.75, 3.05) is 0 Å². The Hall–Kier alpha value is -2.35. The summed E-state index contributed by atoms with van der Waals surface area (Å²) in [6, 6.07) is 11.7. The van der Waals surface area contributed by atoms with E-state index in [1.54, 1.807) is 30.5 Å². The van der Waals surface area contributed by atoms with Crippen LogP contribution in [-0.2, 0) is 5.75 Å². The van der Waals surface area contributed by atoms with Gasteiger partial charge in [0, 0.05) is 26.9 Å². The van der Waals surface area contributed by atoms with Gasteiger partial charge in [-0.05, 0) is 29.8 Å². The second kappa shape index (κ2) is 7.34. The highest BCUT2D eigenvalue weighted by Gasteiger charge is 2.14. The summed E-state index contributed by atoms with van der Waals surface area (Å²) in [5.41, 5.74) is 1.87. The van der Waals surface area contributed by atoms with Gasteiger partial charge in [-0.15, -0.1) is 0 Å². The predicted octanol–water partition coefficient (Wildman–Crippen LogP) is 4.82. The van der Waals surface area contributed by atoms with Crippen LogP contribution in [-0.4, -0.2) is 19.6 Å². The molecular formula is C18H11Cl2FN4OS. The fourth-order valence-corrected chi connectivity index (χ4v) is 3.90. The molecule has 9 heteroatoms. The SMILES string of the molecule is O=c1[nH]c(SCc2c(F)cccc2Cl)nc2c(-c3ccc(Cl)cc3)cnn12. The topological polar surface area (TPSA) is 63.0 Å². The van der Waals surface area contributed by atoms with Crippen molar-refractivity contribution in [2.24, 2.45) is 0 Å². The first-order valence-electron chi connectivity index (χ1n) is 7.82. The molecule has 0 unspecified atom stereocenters. The van der Waals surface area contributed by atoms with E-state index < -0.39 is 11.5 Å². The first-order chi connectivity index (χ1) is 13.0. The van der Waals surface area contributed by atoms with Crippen molar-refractivity contribution in [3.8, 4) is 11.1 Å². The molecule has 0 saturated heterocycles. The van der Waals surface area contributed by atoms with E-state index in [9.17, 15) is 9.18 Å². The van der Waals surface area contributed by atoms with E-state index in [-0.39, 0.29) is 5.75 Å². The van der Waals surface area contributed by atoms with Crippen LogP contribution in [0.5, 0.6) is 0 Å². The summed E-state index contributed by atoms with van der Waals surface area (Å²) < 4.78 is 15.1. The summed E-state index contributed by atoms with van der Waals surface area (Å²) in [5.74, 6) is -0.167. The lowest BCUT2D eigenvalue weighted by atomic mass is 10.1. The van der Waals surface area contributed by atoms with Crippen LogP contribution in [0.2, 0.25) is 10.0 Å². The molecule has 0 saturated carbocycles. The number of hydrogen-bond acceptors (Lipinski definition) is 4.